The third kappa shape index (κ3) is 3.85. The van der Waals surface area contributed by atoms with Crippen LogP contribution in [-0.2, 0) is 0 Å². The summed E-state index contributed by atoms with van der Waals surface area (Å²) in [5, 5.41) is 16.0. The Morgan fingerprint density at radius 1 is 1.52 bits per heavy atom. The molecule has 0 aliphatic rings. The highest BCUT2D eigenvalue weighted by molar-refractivity contribution is 5.94. The quantitative estimate of drug-likeness (QED) is 0.841. The van der Waals surface area contributed by atoms with Crippen LogP contribution in [0.5, 0.6) is 0 Å². The first-order valence-electron chi connectivity index (χ1n) is 6.72. The summed E-state index contributed by atoms with van der Waals surface area (Å²) >= 11 is 0. The number of hydrogen-bond donors (Lipinski definition) is 2. The Morgan fingerprint density at radius 2 is 2.33 bits per heavy atom. The summed E-state index contributed by atoms with van der Waals surface area (Å²) in [5.41, 5.74) is 0.412. The van der Waals surface area contributed by atoms with Gasteiger partial charge in [-0.25, -0.2) is 14.1 Å². The van der Waals surface area contributed by atoms with Gasteiger partial charge in [0.05, 0.1) is 6.10 Å². The Hall–Kier alpha value is -2.28. The van der Waals surface area contributed by atoms with Crippen LogP contribution in [-0.4, -0.2) is 38.4 Å². The van der Waals surface area contributed by atoms with E-state index in [2.05, 4.69) is 15.4 Å². The molecule has 1 atom stereocenters. The third-order valence-corrected chi connectivity index (χ3v) is 3.00. The van der Waals surface area contributed by atoms with Crippen molar-refractivity contribution in [1.29, 1.82) is 0 Å². The Labute approximate surface area is 121 Å². The van der Waals surface area contributed by atoms with Crippen molar-refractivity contribution in [2.24, 2.45) is 0 Å². The van der Waals surface area contributed by atoms with E-state index in [1.165, 1.54) is 29.5 Å². The van der Waals surface area contributed by atoms with Crippen molar-refractivity contribution in [2.75, 3.05) is 6.54 Å². The van der Waals surface area contributed by atoms with E-state index in [4.69, 9.17) is 0 Å². The molecule has 0 saturated heterocycles. The fourth-order valence-corrected chi connectivity index (χ4v) is 1.91. The van der Waals surface area contributed by atoms with E-state index in [-0.39, 0.29) is 17.8 Å². The van der Waals surface area contributed by atoms with E-state index in [0.717, 1.165) is 12.5 Å². The van der Waals surface area contributed by atoms with Crippen LogP contribution < -0.4 is 5.32 Å². The van der Waals surface area contributed by atoms with Crippen LogP contribution in [0.3, 0.4) is 0 Å². The largest absolute Gasteiger partial charge is 0.391 e. The lowest BCUT2D eigenvalue weighted by atomic mass is 10.1. The number of carbonyl (C=O) groups is 1. The van der Waals surface area contributed by atoms with Gasteiger partial charge in [-0.3, -0.25) is 4.79 Å². The second kappa shape index (κ2) is 6.94. The second-order valence-corrected chi connectivity index (χ2v) is 4.66. The van der Waals surface area contributed by atoms with Crippen LogP contribution in [0.25, 0.3) is 5.69 Å². The topological polar surface area (TPSA) is 80.0 Å². The summed E-state index contributed by atoms with van der Waals surface area (Å²) in [6.07, 6.45) is 3.53. The molecule has 2 rings (SSSR count). The van der Waals surface area contributed by atoms with Gasteiger partial charge in [-0.1, -0.05) is 13.3 Å². The van der Waals surface area contributed by atoms with Crippen LogP contribution in [0.1, 0.15) is 30.1 Å². The lowest BCUT2D eigenvalue weighted by Gasteiger charge is -2.11. The maximum Gasteiger partial charge on any atom is 0.251 e. The molecular formula is C14H17FN4O2. The molecule has 0 fully saturated rings. The monoisotopic (exact) mass is 292 g/mol. The Kier molecular flexibility index (Phi) is 4.99. The number of carbonyl (C=O) groups excluding carboxylic acids is 1. The summed E-state index contributed by atoms with van der Waals surface area (Å²) in [5.74, 6) is -0.989. The summed E-state index contributed by atoms with van der Waals surface area (Å²) < 4.78 is 15.3. The van der Waals surface area contributed by atoms with Gasteiger partial charge in [0.1, 0.15) is 24.2 Å². The van der Waals surface area contributed by atoms with Gasteiger partial charge in [0, 0.05) is 12.1 Å². The summed E-state index contributed by atoms with van der Waals surface area (Å²) in [6, 6.07) is 4.10. The number of halogens is 1. The van der Waals surface area contributed by atoms with Crippen molar-refractivity contribution in [3.05, 3.63) is 42.2 Å². The summed E-state index contributed by atoms with van der Waals surface area (Å²) in [6.45, 7) is 2.10. The SMILES string of the molecule is CCCC(O)CNC(=O)c1ccc(-n2cncn2)c(F)c1. The summed E-state index contributed by atoms with van der Waals surface area (Å²) in [4.78, 5) is 15.6. The van der Waals surface area contributed by atoms with Gasteiger partial charge in [-0.05, 0) is 24.6 Å². The number of amides is 1. The van der Waals surface area contributed by atoms with Crippen LogP contribution in [0, 0.1) is 5.82 Å². The van der Waals surface area contributed by atoms with Gasteiger partial charge in [-0.2, -0.15) is 5.10 Å². The molecule has 1 amide bonds. The fourth-order valence-electron chi connectivity index (χ4n) is 1.91. The molecule has 0 spiro atoms. The van der Waals surface area contributed by atoms with Gasteiger partial charge in [-0.15, -0.1) is 0 Å². The number of benzene rings is 1. The normalized spacial score (nSPS) is 12.1. The Bertz CT molecular complexity index is 601. The first-order valence-corrected chi connectivity index (χ1v) is 6.72. The van der Waals surface area contributed by atoms with Gasteiger partial charge in [0.2, 0.25) is 0 Å². The molecule has 2 N–H and O–H groups in total. The maximum absolute atomic E-state index is 14.0. The van der Waals surface area contributed by atoms with Gasteiger partial charge >= 0.3 is 0 Å². The van der Waals surface area contributed by atoms with Crippen LogP contribution in [0.4, 0.5) is 4.39 Å². The number of aliphatic hydroxyl groups excluding tert-OH is 1. The minimum Gasteiger partial charge on any atom is -0.391 e. The number of nitrogens with zero attached hydrogens (tertiary/aromatic N) is 3. The smallest absolute Gasteiger partial charge is 0.251 e. The molecule has 0 aliphatic heterocycles. The molecule has 1 unspecified atom stereocenters. The van der Waals surface area contributed by atoms with Crippen molar-refractivity contribution in [3.8, 4) is 5.69 Å². The molecule has 1 aromatic heterocycles. The molecule has 7 heteroatoms. The zero-order chi connectivity index (χ0) is 15.2. The standard InChI is InChI=1S/C14H17FN4O2/c1-2-3-11(20)7-17-14(21)10-4-5-13(12(15)6-10)19-9-16-8-18-19/h4-6,8-9,11,20H,2-3,7H2,1H3,(H,17,21). The van der Waals surface area contributed by atoms with Crippen molar-refractivity contribution >= 4 is 5.91 Å². The fraction of sp³-hybridized carbons (Fsp3) is 0.357. The van der Waals surface area contributed by atoms with Crippen molar-refractivity contribution in [2.45, 2.75) is 25.9 Å². The number of aliphatic hydroxyl groups is 1. The average Bonchev–Trinajstić information content (AvgIpc) is 2.99. The minimum atomic E-state index is -0.585. The first kappa shape index (κ1) is 15.1. The predicted molar refractivity (Wildman–Crippen MR) is 74.6 cm³/mol. The maximum atomic E-state index is 14.0. The lowest BCUT2D eigenvalue weighted by Crippen LogP contribution is -2.32. The van der Waals surface area contributed by atoms with E-state index in [0.29, 0.717) is 6.42 Å². The Morgan fingerprint density at radius 3 is 2.95 bits per heavy atom. The van der Waals surface area contributed by atoms with Crippen LogP contribution in [0.15, 0.2) is 30.9 Å². The molecule has 2 aromatic rings. The van der Waals surface area contributed by atoms with Gasteiger partial charge in [0.25, 0.3) is 5.91 Å². The highest BCUT2D eigenvalue weighted by Gasteiger charge is 2.12. The zero-order valence-electron chi connectivity index (χ0n) is 11.7. The molecule has 0 saturated carbocycles. The van der Waals surface area contributed by atoms with Gasteiger partial charge < -0.3 is 10.4 Å². The third-order valence-electron chi connectivity index (χ3n) is 3.00. The number of nitrogens with one attached hydrogen (secondary N) is 1. The zero-order valence-corrected chi connectivity index (χ0v) is 11.7. The van der Waals surface area contributed by atoms with Crippen LogP contribution >= 0.6 is 0 Å². The highest BCUT2D eigenvalue weighted by atomic mass is 19.1. The number of rotatable bonds is 6. The van der Waals surface area contributed by atoms with E-state index in [1.807, 2.05) is 6.92 Å². The molecule has 21 heavy (non-hydrogen) atoms. The molecule has 6 nitrogen and oxygen atoms in total. The lowest BCUT2D eigenvalue weighted by molar-refractivity contribution is 0.0909. The molecule has 1 aromatic carbocycles. The molecular weight excluding hydrogens is 275 g/mol. The van der Waals surface area contributed by atoms with Crippen molar-refractivity contribution < 1.29 is 14.3 Å². The van der Waals surface area contributed by atoms with E-state index in [9.17, 15) is 14.3 Å². The first-order chi connectivity index (χ1) is 10.1. The molecule has 1 heterocycles. The molecule has 112 valence electrons. The number of hydrogen-bond acceptors (Lipinski definition) is 4. The minimum absolute atomic E-state index is 0.152. The molecule has 0 aliphatic carbocycles. The van der Waals surface area contributed by atoms with Crippen LogP contribution in [0.2, 0.25) is 0 Å². The van der Waals surface area contributed by atoms with Crippen molar-refractivity contribution in [1.82, 2.24) is 20.1 Å². The van der Waals surface area contributed by atoms with E-state index >= 15 is 0 Å². The second-order valence-electron chi connectivity index (χ2n) is 4.66. The van der Waals surface area contributed by atoms with Gasteiger partial charge in [0.15, 0.2) is 0 Å². The highest BCUT2D eigenvalue weighted by Crippen LogP contribution is 2.14. The Balaban J connectivity index is 2.04. The number of aromatic nitrogens is 3. The molecule has 0 radical (unpaired) electrons. The van der Waals surface area contributed by atoms with Crippen molar-refractivity contribution in [3.63, 3.8) is 0 Å². The van der Waals surface area contributed by atoms with E-state index in [1.54, 1.807) is 0 Å². The molecule has 0 bridgehead atoms. The average molecular weight is 292 g/mol. The summed E-state index contributed by atoms with van der Waals surface area (Å²) in [7, 11) is 0. The van der Waals surface area contributed by atoms with E-state index < -0.39 is 17.8 Å². The predicted octanol–water partition coefficient (Wildman–Crippen LogP) is 1.30.